The second kappa shape index (κ2) is 4.62. The Kier molecular flexibility index (Phi) is 2.94. The summed E-state index contributed by atoms with van der Waals surface area (Å²) in [6, 6.07) is 4.86. The van der Waals surface area contributed by atoms with E-state index in [4.69, 9.17) is 0 Å². The summed E-state index contributed by atoms with van der Waals surface area (Å²) in [4.78, 5) is 2.76. The van der Waals surface area contributed by atoms with Crippen molar-refractivity contribution in [3.63, 3.8) is 0 Å². The van der Waals surface area contributed by atoms with Gasteiger partial charge in [-0.1, -0.05) is 0 Å². The molecule has 2 saturated heterocycles. The van der Waals surface area contributed by atoms with Crippen LogP contribution in [0.1, 0.15) is 37.7 Å². The largest absolute Gasteiger partial charge is 0.311 e. The van der Waals surface area contributed by atoms with Gasteiger partial charge in [-0.2, -0.15) is 11.3 Å². The van der Waals surface area contributed by atoms with Crippen molar-refractivity contribution in [2.24, 2.45) is 5.92 Å². The fourth-order valence-corrected chi connectivity index (χ4v) is 4.50. The molecule has 98 valence electrons. The van der Waals surface area contributed by atoms with Gasteiger partial charge < -0.3 is 5.32 Å². The van der Waals surface area contributed by atoms with E-state index in [2.05, 4.69) is 27.0 Å². The maximum Gasteiger partial charge on any atom is 0.0245 e. The standard InChI is InChI=1S/C15H22N2S/c1-4-15-12(7-13(1)16-15)9-17(14-2-3-14)8-11-5-6-18-10-11/h5-6,10,12-16H,1-4,7-9H2. The molecule has 1 aromatic rings. The second-order valence-electron chi connectivity index (χ2n) is 6.34. The number of fused-ring (bicyclic) bond motifs is 2. The minimum Gasteiger partial charge on any atom is -0.311 e. The van der Waals surface area contributed by atoms with Crippen LogP contribution in [0.3, 0.4) is 0 Å². The molecule has 1 aliphatic carbocycles. The molecular formula is C15H22N2S. The fraction of sp³-hybridized carbons (Fsp3) is 0.733. The van der Waals surface area contributed by atoms with Crippen LogP contribution < -0.4 is 5.32 Å². The van der Waals surface area contributed by atoms with Gasteiger partial charge in [0.05, 0.1) is 0 Å². The van der Waals surface area contributed by atoms with E-state index in [0.717, 1.165) is 24.0 Å². The predicted molar refractivity (Wildman–Crippen MR) is 75.8 cm³/mol. The molecule has 3 heteroatoms. The summed E-state index contributed by atoms with van der Waals surface area (Å²) in [5, 5.41) is 8.30. The molecule has 4 rings (SSSR count). The molecule has 3 fully saturated rings. The lowest BCUT2D eigenvalue weighted by Crippen LogP contribution is -2.36. The fourth-order valence-electron chi connectivity index (χ4n) is 3.84. The molecule has 1 saturated carbocycles. The van der Waals surface area contributed by atoms with Crippen LogP contribution in [-0.2, 0) is 6.54 Å². The number of rotatable bonds is 5. The monoisotopic (exact) mass is 262 g/mol. The first-order valence-corrected chi connectivity index (χ1v) is 8.34. The van der Waals surface area contributed by atoms with E-state index < -0.39 is 0 Å². The van der Waals surface area contributed by atoms with Crippen LogP contribution in [0, 0.1) is 5.92 Å². The molecule has 3 unspecified atom stereocenters. The van der Waals surface area contributed by atoms with Crippen LogP contribution in [0.4, 0.5) is 0 Å². The van der Waals surface area contributed by atoms with Gasteiger partial charge in [-0.05, 0) is 60.4 Å². The van der Waals surface area contributed by atoms with E-state index in [-0.39, 0.29) is 0 Å². The molecule has 0 radical (unpaired) electrons. The van der Waals surface area contributed by atoms with Crippen molar-refractivity contribution in [2.75, 3.05) is 6.54 Å². The van der Waals surface area contributed by atoms with Gasteiger partial charge in [-0.15, -0.1) is 0 Å². The van der Waals surface area contributed by atoms with Crippen molar-refractivity contribution in [2.45, 2.75) is 56.8 Å². The van der Waals surface area contributed by atoms with Gasteiger partial charge in [0.2, 0.25) is 0 Å². The van der Waals surface area contributed by atoms with Gasteiger partial charge in [-0.25, -0.2) is 0 Å². The molecule has 2 aliphatic heterocycles. The van der Waals surface area contributed by atoms with Crippen LogP contribution >= 0.6 is 11.3 Å². The number of hydrogen-bond donors (Lipinski definition) is 1. The summed E-state index contributed by atoms with van der Waals surface area (Å²) in [7, 11) is 0. The summed E-state index contributed by atoms with van der Waals surface area (Å²) in [5.41, 5.74) is 1.52. The van der Waals surface area contributed by atoms with Crippen LogP contribution in [0.5, 0.6) is 0 Å². The van der Waals surface area contributed by atoms with E-state index in [1.165, 1.54) is 50.8 Å². The van der Waals surface area contributed by atoms with E-state index in [9.17, 15) is 0 Å². The second-order valence-corrected chi connectivity index (χ2v) is 7.12. The van der Waals surface area contributed by atoms with E-state index in [1.54, 1.807) is 0 Å². The van der Waals surface area contributed by atoms with Crippen molar-refractivity contribution in [1.29, 1.82) is 0 Å². The summed E-state index contributed by atoms with van der Waals surface area (Å²) in [6.45, 7) is 2.51. The summed E-state index contributed by atoms with van der Waals surface area (Å²) in [6.07, 6.45) is 7.13. The van der Waals surface area contributed by atoms with Crippen LogP contribution in [0.15, 0.2) is 16.8 Å². The lowest BCUT2D eigenvalue weighted by molar-refractivity contribution is 0.195. The zero-order chi connectivity index (χ0) is 11.9. The van der Waals surface area contributed by atoms with E-state index >= 15 is 0 Å². The Labute approximate surface area is 113 Å². The Morgan fingerprint density at radius 3 is 2.83 bits per heavy atom. The lowest BCUT2D eigenvalue weighted by Gasteiger charge is -2.29. The van der Waals surface area contributed by atoms with Gasteiger partial charge >= 0.3 is 0 Å². The Morgan fingerprint density at radius 2 is 2.22 bits per heavy atom. The normalized spacial score (nSPS) is 34.6. The van der Waals surface area contributed by atoms with Gasteiger partial charge in [0.1, 0.15) is 0 Å². The molecule has 1 N–H and O–H groups in total. The van der Waals surface area contributed by atoms with Crippen molar-refractivity contribution >= 4 is 11.3 Å². The zero-order valence-electron chi connectivity index (χ0n) is 10.8. The van der Waals surface area contributed by atoms with Crippen LogP contribution in [-0.4, -0.2) is 29.6 Å². The molecule has 1 aromatic heterocycles. The Balaban J connectivity index is 1.40. The smallest absolute Gasteiger partial charge is 0.0245 e. The third-order valence-electron chi connectivity index (χ3n) is 4.93. The first kappa shape index (κ1) is 11.4. The van der Waals surface area contributed by atoms with Gasteiger partial charge in [-0.3, -0.25) is 4.90 Å². The Bertz CT molecular complexity index is 399. The van der Waals surface area contributed by atoms with Gasteiger partial charge in [0.25, 0.3) is 0 Å². The molecule has 2 bridgehead atoms. The Hall–Kier alpha value is -0.380. The number of thiophene rings is 1. The topological polar surface area (TPSA) is 15.3 Å². The molecule has 3 aliphatic rings. The van der Waals surface area contributed by atoms with Crippen molar-refractivity contribution in [3.8, 4) is 0 Å². The molecule has 0 amide bonds. The predicted octanol–water partition coefficient (Wildman–Crippen LogP) is 2.85. The third-order valence-corrected chi connectivity index (χ3v) is 5.66. The first-order chi connectivity index (χ1) is 8.88. The number of nitrogens with one attached hydrogen (secondary N) is 1. The van der Waals surface area contributed by atoms with Crippen LogP contribution in [0.2, 0.25) is 0 Å². The lowest BCUT2D eigenvalue weighted by atomic mass is 9.88. The maximum atomic E-state index is 3.78. The maximum absolute atomic E-state index is 3.78. The number of hydrogen-bond acceptors (Lipinski definition) is 3. The molecule has 18 heavy (non-hydrogen) atoms. The van der Waals surface area contributed by atoms with Crippen molar-refractivity contribution in [1.82, 2.24) is 10.2 Å². The summed E-state index contributed by atoms with van der Waals surface area (Å²) in [5.74, 6) is 0.919. The molecular weight excluding hydrogens is 240 g/mol. The van der Waals surface area contributed by atoms with Crippen molar-refractivity contribution in [3.05, 3.63) is 22.4 Å². The molecule has 2 nitrogen and oxygen atoms in total. The summed E-state index contributed by atoms with van der Waals surface area (Å²) >= 11 is 1.83. The van der Waals surface area contributed by atoms with Crippen LogP contribution in [0.25, 0.3) is 0 Å². The highest BCUT2D eigenvalue weighted by molar-refractivity contribution is 7.07. The molecule has 3 heterocycles. The van der Waals surface area contributed by atoms with E-state index in [1.807, 2.05) is 11.3 Å². The molecule has 0 spiro atoms. The minimum atomic E-state index is 0.832. The highest BCUT2D eigenvalue weighted by atomic mass is 32.1. The highest BCUT2D eigenvalue weighted by Crippen LogP contribution is 2.36. The quantitative estimate of drug-likeness (QED) is 0.878. The first-order valence-electron chi connectivity index (χ1n) is 7.39. The van der Waals surface area contributed by atoms with E-state index in [0.29, 0.717) is 0 Å². The average molecular weight is 262 g/mol. The molecule has 3 atom stereocenters. The number of nitrogens with zero attached hydrogens (tertiary/aromatic N) is 1. The minimum absolute atomic E-state index is 0.832. The van der Waals surface area contributed by atoms with Gasteiger partial charge in [0, 0.05) is 31.2 Å². The zero-order valence-corrected chi connectivity index (χ0v) is 11.7. The van der Waals surface area contributed by atoms with Crippen molar-refractivity contribution < 1.29 is 0 Å². The van der Waals surface area contributed by atoms with Gasteiger partial charge in [0.15, 0.2) is 0 Å². The Morgan fingerprint density at radius 1 is 1.28 bits per heavy atom. The SMILES string of the molecule is c1cc(CN(CC2CC3CCC2N3)C2CC2)cs1. The average Bonchev–Trinajstić information content (AvgIpc) is 2.79. The summed E-state index contributed by atoms with van der Waals surface area (Å²) < 4.78 is 0. The molecule has 0 aromatic carbocycles. The highest BCUT2D eigenvalue weighted by Gasteiger charge is 2.41. The third kappa shape index (κ3) is 2.24.